The topological polar surface area (TPSA) is 109 Å². The predicted molar refractivity (Wildman–Crippen MR) is 108 cm³/mol. The molecule has 1 aliphatic carbocycles. The van der Waals surface area contributed by atoms with Crippen LogP contribution in [0.2, 0.25) is 0 Å². The molecule has 3 heterocycles. The Balaban J connectivity index is 1.41. The van der Waals surface area contributed by atoms with Crippen LogP contribution < -0.4 is 16.6 Å². The van der Waals surface area contributed by atoms with Gasteiger partial charge in [0.05, 0.1) is 18.6 Å². The molecule has 0 spiro atoms. The number of rotatable bonds is 7. The summed E-state index contributed by atoms with van der Waals surface area (Å²) in [4.78, 5) is 41.0. The monoisotopic (exact) mass is 399 g/mol. The first-order valence-electron chi connectivity index (χ1n) is 9.82. The zero-order chi connectivity index (χ0) is 20.7. The van der Waals surface area contributed by atoms with Crippen LogP contribution in [-0.2, 0) is 25.4 Å². The van der Waals surface area contributed by atoms with Gasteiger partial charge in [-0.25, -0.2) is 14.5 Å². The van der Waals surface area contributed by atoms with Crippen molar-refractivity contribution < 1.29 is 4.79 Å². The van der Waals surface area contributed by atoms with E-state index in [1.807, 2.05) is 10.7 Å². The number of fused-ring (bicyclic) bond motifs is 1. The Morgan fingerprint density at radius 3 is 2.76 bits per heavy atom. The summed E-state index contributed by atoms with van der Waals surface area (Å²) < 4.78 is 5.99. The minimum absolute atomic E-state index is 0.0977. The normalized spacial score (nSPS) is 15.0. The van der Waals surface area contributed by atoms with Gasteiger partial charge in [-0.3, -0.25) is 18.7 Å². The number of nitrogens with one attached hydrogen (secondary N) is 1. The highest BCUT2D eigenvalue weighted by molar-refractivity contribution is 5.89. The van der Waals surface area contributed by atoms with Crippen LogP contribution in [0.25, 0.3) is 11.2 Å². The van der Waals surface area contributed by atoms with E-state index < -0.39 is 5.69 Å². The minimum atomic E-state index is -0.413. The molecule has 1 N–H and O–H groups in total. The van der Waals surface area contributed by atoms with E-state index in [1.165, 1.54) is 30.8 Å². The van der Waals surface area contributed by atoms with Crippen LogP contribution in [0.15, 0.2) is 28.2 Å². The van der Waals surface area contributed by atoms with Crippen molar-refractivity contribution in [3.8, 4) is 0 Å². The molecule has 0 aromatic carbocycles. The second-order valence-electron chi connectivity index (χ2n) is 7.71. The van der Waals surface area contributed by atoms with Crippen molar-refractivity contribution in [1.29, 1.82) is 0 Å². The molecule has 0 radical (unpaired) electrons. The van der Waals surface area contributed by atoms with Crippen LogP contribution in [0.5, 0.6) is 0 Å². The summed E-state index contributed by atoms with van der Waals surface area (Å²) in [7, 11) is 3.03. The molecule has 29 heavy (non-hydrogen) atoms. The number of nitrogens with zero attached hydrogens (tertiary/aromatic N) is 6. The van der Waals surface area contributed by atoms with Gasteiger partial charge in [-0.05, 0) is 32.1 Å². The lowest BCUT2D eigenvalue weighted by atomic mass is 10.2. The Bertz CT molecular complexity index is 1180. The van der Waals surface area contributed by atoms with Crippen molar-refractivity contribution in [2.24, 2.45) is 20.0 Å². The quantitative estimate of drug-likeness (QED) is 0.638. The van der Waals surface area contributed by atoms with E-state index in [2.05, 4.69) is 22.3 Å². The van der Waals surface area contributed by atoms with Crippen molar-refractivity contribution in [2.45, 2.75) is 45.2 Å². The molecule has 0 aliphatic heterocycles. The molecule has 0 bridgehead atoms. The zero-order valence-corrected chi connectivity index (χ0v) is 16.8. The molecule has 4 rings (SSSR count). The summed E-state index contributed by atoms with van der Waals surface area (Å²) in [6.07, 6.45) is 6.49. The first-order valence-corrected chi connectivity index (χ1v) is 9.82. The SMILES string of the molecule is CC(C1CC1)n1nccc1NC(=O)CCCn1cnc2c1c(=O)n(C)c(=O)n2C. The number of aryl methyl sites for hydroxylation is 2. The third-order valence-electron chi connectivity index (χ3n) is 5.65. The van der Waals surface area contributed by atoms with E-state index in [-0.39, 0.29) is 17.5 Å². The molecule has 1 fully saturated rings. The number of carbonyl (C=O) groups is 1. The van der Waals surface area contributed by atoms with Gasteiger partial charge < -0.3 is 9.88 Å². The Labute approximate surface area is 166 Å². The van der Waals surface area contributed by atoms with E-state index in [1.54, 1.807) is 17.8 Å². The molecule has 1 unspecified atom stereocenters. The highest BCUT2D eigenvalue weighted by atomic mass is 16.2. The fraction of sp³-hybridized carbons (Fsp3) is 0.526. The number of aromatic nitrogens is 6. The van der Waals surface area contributed by atoms with E-state index in [0.29, 0.717) is 42.3 Å². The lowest BCUT2D eigenvalue weighted by Crippen LogP contribution is -2.37. The summed E-state index contributed by atoms with van der Waals surface area (Å²) in [5, 5.41) is 7.28. The Kier molecular flexibility index (Phi) is 4.85. The molecular weight excluding hydrogens is 374 g/mol. The fourth-order valence-corrected chi connectivity index (χ4v) is 3.70. The van der Waals surface area contributed by atoms with Gasteiger partial charge in [0.25, 0.3) is 5.56 Å². The lowest BCUT2D eigenvalue weighted by Gasteiger charge is -2.15. The summed E-state index contributed by atoms with van der Waals surface area (Å²) >= 11 is 0. The molecule has 3 aromatic rings. The van der Waals surface area contributed by atoms with Crippen molar-refractivity contribution in [3.63, 3.8) is 0 Å². The van der Waals surface area contributed by atoms with E-state index in [4.69, 9.17) is 0 Å². The molecule has 0 saturated heterocycles. The lowest BCUT2D eigenvalue weighted by molar-refractivity contribution is -0.116. The Morgan fingerprint density at radius 2 is 2.03 bits per heavy atom. The van der Waals surface area contributed by atoms with Crippen LogP contribution in [-0.4, -0.2) is 34.4 Å². The van der Waals surface area contributed by atoms with Gasteiger partial charge in [0.1, 0.15) is 5.82 Å². The van der Waals surface area contributed by atoms with Gasteiger partial charge in [0.2, 0.25) is 5.91 Å². The van der Waals surface area contributed by atoms with Gasteiger partial charge >= 0.3 is 5.69 Å². The minimum Gasteiger partial charge on any atom is -0.325 e. The summed E-state index contributed by atoms with van der Waals surface area (Å²) in [5.41, 5.74) is -0.0842. The van der Waals surface area contributed by atoms with E-state index >= 15 is 0 Å². The van der Waals surface area contributed by atoms with Gasteiger partial charge in [-0.15, -0.1) is 0 Å². The molecule has 1 aliphatic rings. The van der Waals surface area contributed by atoms with Crippen LogP contribution in [0, 0.1) is 5.92 Å². The Hall–Kier alpha value is -3.17. The van der Waals surface area contributed by atoms with Crippen molar-refractivity contribution >= 4 is 22.9 Å². The first kappa shape index (κ1) is 19.2. The van der Waals surface area contributed by atoms with Crippen LogP contribution in [0.1, 0.15) is 38.6 Å². The molecule has 3 aromatic heterocycles. The zero-order valence-electron chi connectivity index (χ0n) is 16.8. The Morgan fingerprint density at radius 1 is 1.28 bits per heavy atom. The largest absolute Gasteiger partial charge is 0.332 e. The third-order valence-corrected chi connectivity index (χ3v) is 5.65. The number of amides is 1. The average molecular weight is 399 g/mol. The van der Waals surface area contributed by atoms with Crippen molar-refractivity contribution in [1.82, 2.24) is 28.5 Å². The molecule has 10 nitrogen and oxygen atoms in total. The van der Waals surface area contributed by atoms with Gasteiger partial charge in [-0.1, -0.05) is 0 Å². The first-order chi connectivity index (χ1) is 13.9. The van der Waals surface area contributed by atoms with Gasteiger partial charge in [0.15, 0.2) is 11.2 Å². The predicted octanol–water partition coefficient (Wildman–Crippen LogP) is 1.02. The number of anilines is 1. The maximum atomic E-state index is 12.5. The number of hydrogen-bond donors (Lipinski definition) is 1. The second-order valence-corrected chi connectivity index (χ2v) is 7.71. The second kappa shape index (κ2) is 7.34. The van der Waals surface area contributed by atoms with Crippen LogP contribution >= 0.6 is 0 Å². The summed E-state index contributed by atoms with van der Waals surface area (Å²) in [6, 6.07) is 2.09. The van der Waals surface area contributed by atoms with Crippen molar-refractivity contribution in [2.75, 3.05) is 5.32 Å². The summed E-state index contributed by atoms with van der Waals surface area (Å²) in [6.45, 7) is 2.58. The highest BCUT2D eigenvalue weighted by Gasteiger charge is 2.30. The van der Waals surface area contributed by atoms with Crippen LogP contribution in [0.3, 0.4) is 0 Å². The van der Waals surface area contributed by atoms with E-state index in [9.17, 15) is 14.4 Å². The number of imidazole rings is 1. The maximum absolute atomic E-state index is 12.5. The third kappa shape index (κ3) is 3.50. The molecular formula is C19H25N7O3. The average Bonchev–Trinajstić information content (AvgIpc) is 3.31. The molecule has 10 heteroatoms. The molecule has 1 amide bonds. The van der Waals surface area contributed by atoms with Crippen LogP contribution in [0.4, 0.5) is 5.82 Å². The van der Waals surface area contributed by atoms with Gasteiger partial charge in [-0.2, -0.15) is 5.10 Å². The van der Waals surface area contributed by atoms with Gasteiger partial charge in [0, 0.05) is 33.1 Å². The number of hydrogen-bond acceptors (Lipinski definition) is 5. The number of carbonyl (C=O) groups excluding carboxylic acids is 1. The van der Waals surface area contributed by atoms with E-state index in [0.717, 1.165) is 4.57 Å². The molecule has 1 atom stereocenters. The van der Waals surface area contributed by atoms with Crippen molar-refractivity contribution in [3.05, 3.63) is 39.4 Å². The fourth-order valence-electron chi connectivity index (χ4n) is 3.70. The molecule has 1 saturated carbocycles. The smallest absolute Gasteiger partial charge is 0.325 e. The standard InChI is InChI=1S/C19H25N7O3/c1-12(13-6-7-13)26-14(8-9-21-26)22-15(27)5-4-10-25-11-20-17-16(25)18(28)24(3)19(29)23(17)2/h8-9,11-13H,4-7,10H2,1-3H3,(H,22,27). The summed E-state index contributed by atoms with van der Waals surface area (Å²) in [5.74, 6) is 1.25. The highest BCUT2D eigenvalue weighted by Crippen LogP contribution is 2.40. The molecule has 154 valence electrons. The maximum Gasteiger partial charge on any atom is 0.332 e.